The van der Waals surface area contributed by atoms with Crippen LogP contribution in [0.5, 0.6) is 0 Å². The second-order valence-corrected chi connectivity index (χ2v) is 6.89. The number of nitrogens with one attached hydrogen (secondary N) is 2. The Bertz CT molecular complexity index is 500. The topological polar surface area (TPSA) is 71.1 Å². The van der Waals surface area contributed by atoms with Crippen LogP contribution in [-0.2, 0) is 10.0 Å². The number of anilines is 1. The summed E-state index contributed by atoms with van der Waals surface area (Å²) in [5.74, 6) is 1.18. The molecule has 5 nitrogen and oxygen atoms in total. The van der Waals surface area contributed by atoms with Crippen LogP contribution in [0, 0.1) is 5.92 Å². The number of hydrogen-bond acceptors (Lipinski definition) is 4. The molecule has 2 unspecified atom stereocenters. The molecule has 0 bridgehead atoms. The molecule has 0 radical (unpaired) electrons. The van der Waals surface area contributed by atoms with Crippen molar-refractivity contribution in [2.24, 2.45) is 5.92 Å². The Morgan fingerprint density at radius 1 is 1.25 bits per heavy atom. The van der Waals surface area contributed by atoms with Gasteiger partial charge >= 0.3 is 0 Å². The lowest BCUT2D eigenvalue weighted by Crippen LogP contribution is -2.33. The van der Waals surface area contributed by atoms with Gasteiger partial charge in [-0.3, -0.25) is 0 Å². The van der Waals surface area contributed by atoms with Crippen LogP contribution in [-0.4, -0.2) is 26.0 Å². The zero-order chi connectivity index (χ0) is 15.2. The number of sulfonamides is 1. The van der Waals surface area contributed by atoms with Crippen LogP contribution in [0.4, 0.5) is 5.82 Å². The summed E-state index contributed by atoms with van der Waals surface area (Å²) < 4.78 is 27.1. The molecule has 1 rings (SSSR count). The zero-order valence-electron chi connectivity index (χ0n) is 12.7. The standard InChI is InChI=1S/C14H25N3O2S/c1-5-11(3)9-12(4)17-20(18,19)13-7-8-14(15-6-2)16-10-13/h7-8,10-12,17H,5-6,9H2,1-4H3,(H,15,16). The molecular weight excluding hydrogens is 274 g/mol. The molecule has 0 aromatic carbocycles. The third kappa shape index (κ3) is 5.09. The second-order valence-electron chi connectivity index (χ2n) is 5.18. The Kier molecular flexibility index (Phi) is 6.42. The predicted octanol–water partition coefficient (Wildman–Crippen LogP) is 2.62. The molecular formula is C14H25N3O2S. The first-order valence-corrected chi connectivity index (χ1v) is 8.59. The summed E-state index contributed by atoms with van der Waals surface area (Å²) in [5, 5.41) is 3.03. The molecule has 0 fully saturated rings. The van der Waals surface area contributed by atoms with Crippen molar-refractivity contribution in [3.8, 4) is 0 Å². The lowest BCUT2D eigenvalue weighted by Gasteiger charge is -2.17. The van der Waals surface area contributed by atoms with Crippen molar-refractivity contribution >= 4 is 15.8 Å². The van der Waals surface area contributed by atoms with Crippen LogP contribution in [0.1, 0.15) is 40.5 Å². The van der Waals surface area contributed by atoms with Gasteiger partial charge < -0.3 is 5.32 Å². The van der Waals surface area contributed by atoms with E-state index in [2.05, 4.69) is 28.9 Å². The lowest BCUT2D eigenvalue weighted by atomic mass is 10.0. The van der Waals surface area contributed by atoms with Crippen molar-refractivity contribution in [3.05, 3.63) is 18.3 Å². The van der Waals surface area contributed by atoms with Gasteiger partial charge in [-0.1, -0.05) is 20.3 Å². The van der Waals surface area contributed by atoms with Crippen molar-refractivity contribution in [1.29, 1.82) is 0 Å². The van der Waals surface area contributed by atoms with Gasteiger partial charge in [0.15, 0.2) is 0 Å². The van der Waals surface area contributed by atoms with Gasteiger partial charge in [0.25, 0.3) is 0 Å². The fourth-order valence-electron chi connectivity index (χ4n) is 1.98. The van der Waals surface area contributed by atoms with Crippen LogP contribution in [0.3, 0.4) is 0 Å². The fourth-order valence-corrected chi connectivity index (χ4v) is 3.18. The van der Waals surface area contributed by atoms with E-state index in [1.165, 1.54) is 6.20 Å². The Balaban J connectivity index is 2.72. The van der Waals surface area contributed by atoms with Crippen molar-refractivity contribution in [2.45, 2.75) is 51.5 Å². The third-order valence-corrected chi connectivity index (χ3v) is 4.79. The third-order valence-electron chi connectivity index (χ3n) is 3.21. The highest BCUT2D eigenvalue weighted by Gasteiger charge is 2.18. The Morgan fingerprint density at radius 3 is 2.45 bits per heavy atom. The molecule has 114 valence electrons. The first-order valence-electron chi connectivity index (χ1n) is 7.11. The molecule has 0 aliphatic heterocycles. The Hall–Kier alpha value is -1.14. The maximum Gasteiger partial charge on any atom is 0.242 e. The van der Waals surface area contributed by atoms with E-state index in [1.54, 1.807) is 12.1 Å². The van der Waals surface area contributed by atoms with Crippen LogP contribution >= 0.6 is 0 Å². The maximum absolute atomic E-state index is 12.2. The van der Waals surface area contributed by atoms with Gasteiger partial charge in [0.05, 0.1) is 0 Å². The number of hydrogen-bond donors (Lipinski definition) is 2. The van der Waals surface area contributed by atoms with E-state index in [-0.39, 0.29) is 10.9 Å². The minimum Gasteiger partial charge on any atom is -0.370 e. The number of aromatic nitrogens is 1. The molecule has 0 spiro atoms. The molecule has 0 amide bonds. The first kappa shape index (κ1) is 16.9. The van der Waals surface area contributed by atoms with Crippen LogP contribution in [0.15, 0.2) is 23.2 Å². The minimum atomic E-state index is -3.49. The van der Waals surface area contributed by atoms with E-state index in [4.69, 9.17) is 0 Å². The van der Waals surface area contributed by atoms with E-state index >= 15 is 0 Å². The van der Waals surface area contributed by atoms with Gasteiger partial charge in [0, 0.05) is 18.8 Å². The molecule has 0 aliphatic carbocycles. The first-order chi connectivity index (χ1) is 9.39. The molecule has 0 saturated carbocycles. The van der Waals surface area contributed by atoms with Gasteiger partial charge in [-0.15, -0.1) is 0 Å². The van der Waals surface area contributed by atoms with Gasteiger partial charge in [-0.2, -0.15) is 0 Å². The largest absolute Gasteiger partial charge is 0.370 e. The van der Waals surface area contributed by atoms with E-state index in [9.17, 15) is 8.42 Å². The van der Waals surface area contributed by atoms with E-state index in [0.717, 1.165) is 19.4 Å². The smallest absolute Gasteiger partial charge is 0.242 e. The monoisotopic (exact) mass is 299 g/mol. The number of nitrogens with zero attached hydrogens (tertiary/aromatic N) is 1. The summed E-state index contributed by atoms with van der Waals surface area (Å²) in [6.07, 6.45) is 3.26. The maximum atomic E-state index is 12.2. The fraction of sp³-hybridized carbons (Fsp3) is 0.643. The minimum absolute atomic E-state index is 0.0802. The summed E-state index contributed by atoms with van der Waals surface area (Å²) in [6, 6.07) is 3.17. The van der Waals surface area contributed by atoms with Crippen molar-refractivity contribution in [1.82, 2.24) is 9.71 Å². The predicted molar refractivity (Wildman–Crippen MR) is 82.3 cm³/mol. The normalized spacial score (nSPS) is 14.8. The Labute approximate surface area is 122 Å². The van der Waals surface area contributed by atoms with Crippen molar-refractivity contribution < 1.29 is 8.42 Å². The highest BCUT2D eigenvalue weighted by molar-refractivity contribution is 7.89. The summed E-state index contributed by atoms with van der Waals surface area (Å²) in [6.45, 7) is 8.84. The molecule has 20 heavy (non-hydrogen) atoms. The van der Waals surface area contributed by atoms with E-state index in [1.807, 2.05) is 13.8 Å². The summed E-state index contributed by atoms with van der Waals surface area (Å²) >= 11 is 0. The molecule has 0 aliphatic rings. The molecule has 2 N–H and O–H groups in total. The lowest BCUT2D eigenvalue weighted by molar-refractivity contribution is 0.445. The van der Waals surface area contributed by atoms with Crippen molar-refractivity contribution in [3.63, 3.8) is 0 Å². The van der Waals surface area contributed by atoms with Crippen LogP contribution < -0.4 is 10.0 Å². The number of rotatable bonds is 8. The van der Waals surface area contributed by atoms with Gasteiger partial charge in [-0.05, 0) is 38.3 Å². The zero-order valence-corrected chi connectivity index (χ0v) is 13.5. The van der Waals surface area contributed by atoms with Gasteiger partial charge in [0.1, 0.15) is 10.7 Å². The van der Waals surface area contributed by atoms with Crippen LogP contribution in [0.25, 0.3) is 0 Å². The van der Waals surface area contributed by atoms with Gasteiger partial charge in [-0.25, -0.2) is 18.1 Å². The van der Waals surface area contributed by atoms with Crippen molar-refractivity contribution in [2.75, 3.05) is 11.9 Å². The van der Waals surface area contributed by atoms with E-state index < -0.39 is 10.0 Å². The highest BCUT2D eigenvalue weighted by Crippen LogP contribution is 2.14. The van der Waals surface area contributed by atoms with E-state index in [0.29, 0.717) is 11.7 Å². The number of pyridine rings is 1. The highest BCUT2D eigenvalue weighted by atomic mass is 32.2. The molecule has 1 aromatic heterocycles. The average Bonchev–Trinajstić information content (AvgIpc) is 2.38. The second kappa shape index (κ2) is 7.59. The van der Waals surface area contributed by atoms with Crippen LogP contribution in [0.2, 0.25) is 0 Å². The molecule has 1 aromatic rings. The molecule has 0 saturated heterocycles. The molecule has 6 heteroatoms. The summed E-state index contributed by atoms with van der Waals surface area (Å²) in [4.78, 5) is 4.29. The Morgan fingerprint density at radius 2 is 1.95 bits per heavy atom. The molecule has 1 heterocycles. The average molecular weight is 299 g/mol. The quantitative estimate of drug-likeness (QED) is 0.774. The SMILES string of the molecule is CCNc1ccc(S(=O)(=O)NC(C)CC(C)CC)cn1. The summed E-state index contributed by atoms with van der Waals surface area (Å²) in [5.41, 5.74) is 0. The molecule has 2 atom stereocenters. The van der Waals surface area contributed by atoms with Gasteiger partial charge in [0.2, 0.25) is 10.0 Å². The summed E-state index contributed by atoms with van der Waals surface area (Å²) in [7, 11) is -3.49.